The highest BCUT2D eigenvalue weighted by atomic mass is 35.5. The average molecular weight is 277 g/mol. The Balaban J connectivity index is 2.56. The van der Waals surface area contributed by atoms with Gasteiger partial charge in [-0.3, -0.25) is 4.79 Å². The lowest BCUT2D eigenvalue weighted by Crippen LogP contribution is -2.02. The highest BCUT2D eigenvalue weighted by Crippen LogP contribution is 2.32. The van der Waals surface area contributed by atoms with Gasteiger partial charge >= 0.3 is 5.97 Å². The minimum Gasteiger partial charge on any atom is -0.497 e. The van der Waals surface area contributed by atoms with Crippen molar-refractivity contribution in [3.63, 3.8) is 0 Å². The van der Waals surface area contributed by atoms with E-state index in [4.69, 9.17) is 21.4 Å². The average Bonchev–Trinajstić information content (AvgIpc) is 2.39. The highest BCUT2D eigenvalue weighted by molar-refractivity contribution is 6.33. The van der Waals surface area contributed by atoms with E-state index in [1.807, 2.05) is 24.3 Å². The van der Waals surface area contributed by atoms with Crippen LogP contribution in [0, 0.1) is 0 Å². The third-order valence-corrected chi connectivity index (χ3v) is 3.15. The second-order valence-corrected chi connectivity index (χ2v) is 4.48. The van der Waals surface area contributed by atoms with Crippen LogP contribution in [0.15, 0.2) is 42.5 Å². The van der Waals surface area contributed by atoms with E-state index in [2.05, 4.69) is 0 Å². The number of hydrogen-bond donors (Lipinski definition) is 1. The van der Waals surface area contributed by atoms with Crippen LogP contribution in [0.5, 0.6) is 5.75 Å². The van der Waals surface area contributed by atoms with Crippen molar-refractivity contribution >= 4 is 17.6 Å². The number of ether oxygens (including phenoxy) is 1. The summed E-state index contributed by atoms with van der Waals surface area (Å²) in [6.07, 6.45) is -0.0717. The van der Waals surface area contributed by atoms with Crippen LogP contribution in [0.2, 0.25) is 5.02 Å². The van der Waals surface area contributed by atoms with Crippen LogP contribution in [-0.4, -0.2) is 18.2 Å². The van der Waals surface area contributed by atoms with Crippen LogP contribution in [-0.2, 0) is 11.2 Å². The number of rotatable bonds is 4. The summed E-state index contributed by atoms with van der Waals surface area (Å²) in [5, 5.41) is 9.59. The van der Waals surface area contributed by atoms with Crippen molar-refractivity contribution in [3.05, 3.63) is 53.1 Å². The molecule has 0 aliphatic heterocycles. The Kier molecular flexibility index (Phi) is 4.07. The van der Waals surface area contributed by atoms with E-state index in [9.17, 15) is 4.79 Å². The zero-order valence-electron chi connectivity index (χ0n) is 10.4. The molecule has 4 heteroatoms. The zero-order valence-corrected chi connectivity index (χ0v) is 11.1. The second kappa shape index (κ2) is 5.76. The van der Waals surface area contributed by atoms with Gasteiger partial charge < -0.3 is 9.84 Å². The molecule has 0 saturated carbocycles. The lowest BCUT2D eigenvalue weighted by atomic mass is 9.97. The summed E-state index contributed by atoms with van der Waals surface area (Å²) in [6.45, 7) is 0. The first kappa shape index (κ1) is 13.4. The van der Waals surface area contributed by atoms with Crippen LogP contribution >= 0.6 is 11.6 Å². The minimum atomic E-state index is -0.887. The Morgan fingerprint density at radius 3 is 2.58 bits per heavy atom. The van der Waals surface area contributed by atoms with E-state index < -0.39 is 5.97 Å². The van der Waals surface area contributed by atoms with Gasteiger partial charge in [0.25, 0.3) is 0 Å². The monoisotopic (exact) mass is 276 g/mol. The molecule has 0 atom stereocenters. The van der Waals surface area contributed by atoms with Crippen molar-refractivity contribution in [2.24, 2.45) is 0 Å². The smallest absolute Gasteiger partial charge is 0.307 e. The molecule has 0 aliphatic carbocycles. The van der Waals surface area contributed by atoms with Gasteiger partial charge in [-0.1, -0.05) is 35.9 Å². The van der Waals surface area contributed by atoms with Crippen molar-refractivity contribution in [2.45, 2.75) is 6.42 Å². The molecule has 2 aromatic rings. The first-order chi connectivity index (χ1) is 9.11. The lowest BCUT2D eigenvalue weighted by Gasteiger charge is -2.11. The topological polar surface area (TPSA) is 46.5 Å². The van der Waals surface area contributed by atoms with Crippen molar-refractivity contribution in [1.29, 1.82) is 0 Å². The fraction of sp³-hybridized carbons (Fsp3) is 0.133. The van der Waals surface area contributed by atoms with Crippen molar-refractivity contribution in [3.8, 4) is 16.9 Å². The fourth-order valence-corrected chi connectivity index (χ4v) is 2.19. The molecular weight excluding hydrogens is 264 g/mol. The Morgan fingerprint density at radius 2 is 1.95 bits per heavy atom. The van der Waals surface area contributed by atoms with Gasteiger partial charge in [0.2, 0.25) is 0 Å². The molecule has 0 unspecified atom stereocenters. The van der Waals surface area contributed by atoms with Crippen LogP contribution in [0.3, 0.4) is 0 Å². The summed E-state index contributed by atoms with van der Waals surface area (Å²) in [7, 11) is 1.55. The molecule has 19 heavy (non-hydrogen) atoms. The fourth-order valence-electron chi connectivity index (χ4n) is 1.95. The summed E-state index contributed by atoms with van der Waals surface area (Å²) in [5.74, 6) is -0.256. The molecule has 0 heterocycles. The SMILES string of the molecule is COc1ccc(-c2ccccc2Cl)c(CC(=O)O)c1. The van der Waals surface area contributed by atoms with Crippen LogP contribution in [0.25, 0.3) is 11.1 Å². The lowest BCUT2D eigenvalue weighted by molar-refractivity contribution is -0.136. The molecular formula is C15H13ClO3. The Labute approximate surface area is 116 Å². The maximum absolute atomic E-state index is 11.0. The van der Waals surface area contributed by atoms with E-state index >= 15 is 0 Å². The Bertz CT molecular complexity index is 608. The molecule has 0 bridgehead atoms. The summed E-state index contributed by atoms with van der Waals surface area (Å²) in [5.41, 5.74) is 2.32. The molecule has 0 aliphatic rings. The minimum absolute atomic E-state index is 0.0717. The summed E-state index contributed by atoms with van der Waals surface area (Å²) in [4.78, 5) is 11.0. The van der Waals surface area contributed by atoms with E-state index in [0.717, 1.165) is 11.1 Å². The van der Waals surface area contributed by atoms with E-state index in [1.165, 1.54) is 0 Å². The predicted octanol–water partition coefficient (Wildman–Crippen LogP) is 3.64. The number of carbonyl (C=O) groups is 1. The van der Waals surface area contributed by atoms with E-state index in [1.54, 1.807) is 25.3 Å². The highest BCUT2D eigenvalue weighted by Gasteiger charge is 2.12. The van der Waals surface area contributed by atoms with Crippen molar-refractivity contribution < 1.29 is 14.6 Å². The number of hydrogen-bond acceptors (Lipinski definition) is 2. The van der Waals surface area contributed by atoms with Gasteiger partial charge in [-0.25, -0.2) is 0 Å². The van der Waals surface area contributed by atoms with Crippen LogP contribution < -0.4 is 4.74 Å². The number of methoxy groups -OCH3 is 1. The van der Waals surface area contributed by atoms with Crippen molar-refractivity contribution in [1.82, 2.24) is 0 Å². The third kappa shape index (κ3) is 3.06. The van der Waals surface area contributed by atoms with Gasteiger partial charge in [-0.15, -0.1) is 0 Å². The van der Waals surface area contributed by atoms with E-state index in [-0.39, 0.29) is 6.42 Å². The number of carboxylic acid groups (broad SMARTS) is 1. The number of carboxylic acids is 1. The molecule has 2 rings (SSSR count). The van der Waals surface area contributed by atoms with Gasteiger partial charge in [-0.2, -0.15) is 0 Å². The van der Waals surface area contributed by atoms with Crippen molar-refractivity contribution in [2.75, 3.05) is 7.11 Å². The zero-order chi connectivity index (χ0) is 13.8. The maximum Gasteiger partial charge on any atom is 0.307 e. The first-order valence-electron chi connectivity index (χ1n) is 5.75. The summed E-state index contributed by atoms with van der Waals surface area (Å²) in [6, 6.07) is 12.7. The molecule has 3 nitrogen and oxygen atoms in total. The number of aliphatic carboxylic acids is 1. The van der Waals surface area contributed by atoms with Gasteiger partial charge in [0.1, 0.15) is 5.75 Å². The quantitative estimate of drug-likeness (QED) is 0.927. The summed E-state index contributed by atoms with van der Waals surface area (Å²) < 4.78 is 5.13. The maximum atomic E-state index is 11.0. The normalized spacial score (nSPS) is 10.2. The number of halogens is 1. The Morgan fingerprint density at radius 1 is 1.21 bits per heavy atom. The molecule has 0 aromatic heterocycles. The first-order valence-corrected chi connectivity index (χ1v) is 6.13. The largest absolute Gasteiger partial charge is 0.497 e. The molecule has 98 valence electrons. The van der Waals surface area contributed by atoms with Gasteiger partial charge in [0, 0.05) is 10.6 Å². The molecule has 0 amide bonds. The molecule has 2 aromatic carbocycles. The number of benzene rings is 2. The van der Waals surface area contributed by atoms with Crippen LogP contribution in [0.1, 0.15) is 5.56 Å². The second-order valence-electron chi connectivity index (χ2n) is 4.07. The third-order valence-electron chi connectivity index (χ3n) is 2.82. The molecule has 0 fully saturated rings. The predicted molar refractivity (Wildman–Crippen MR) is 74.8 cm³/mol. The molecule has 0 saturated heterocycles. The van der Waals surface area contributed by atoms with Gasteiger partial charge in [0.05, 0.1) is 13.5 Å². The molecule has 0 spiro atoms. The molecule has 1 N–H and O–H groups in total. The van der Waals surface area contributed by atoms with Gasteiger partial charge in [-0.05, 0) is 29.3 Å². The van der Waals surface area contributed by atoms with Gasteiger partial charge in [0.15, 0.2) is 0 Å². The molecule has 0 radical (unpaired) electrons. The summed E-state index contributed by atoms with van der Waals surface area (Å²) >= 11 is 6.16. The van der Waals surface area contributed by atoms with Crippen LogP contribution in [0.4, 0.5) is 0 Å². The van der Waals surface area contributed by atoms with E-state index in [0.29, 0.717) is 16.3 Å². The standard InChI is InChI=1S/C15H13ClO3/c1-19-11-6-7-12(10(8-11)9-15(17)18)13-4-2-3-5-14(13)16/h2-8H,9H2,1H3,(H,17,18). The Hall–Kier alpha value is -2.00.